The van der Waals surface area contributed by atoms with E-state index in [0.717, 1.165) is 6.29 Å². The summed E-state index contributed by atoms with van der Waals surface area (Å²) in [4.78, 5) is 21.9. The van der Waals surface area contributed by atoms with Crippen LogP contribution >= 0.6 is 0 Å². The molecule has 0 heterocycles. The van der Waals surface area contributed by atoms with Gasteiger partial charge in [-0.3, -0.25) is 4.79 Å². The maximum atomic E-state index is 11.6. The van der Waals surface area contributed by atoms with Gasteiger partial charge in [0, 0.05) is 6.42 Å². The SMILES string of the molecule is CC(C)(C)OC(=O)C(C)(C)CCC=O. The summed E-state index contributed by atoms with van der Waals surface area (Å²) in [5, 5.41) is 0. The molecule has 0 aromatic rings. The monoisotopic (exact) mass is 200 g/mol. The van der Waals surface area contributed by atoms with Crippen LogP contribution in [0.25, 0.3) is 0 Å². The zero-order valence-corrected chi connectivity index (χ0v) is 9.72. The molecule has 3 heteroatoms. The quantitative estimate of drug-likeness (QED) is 0.516. The van der Waals surface area contributed by atoms with Gasteiger partial charge < -0.3 is 9.53 Å². The molecule has 0 rings (SSSR count). The van der Waals surface area contributed by atoms with Crippen LogP contribution in [-0.4, -0.2) is 17.9 Å². The van der Waals surface area contributed by atoms with E-state index in [1.165, 1.54) is 0 Å². The molecular weight excluding hydrogens is 180 g/mol. The van der Waals surface area contributed by atoms with Crippen LogP contribution in [0.3, 0.4) is 0 Å². The molecule has 82 valence electrons. The first-order chi connectivity index (χ1) is 6.19. The minimum atomic E-state index is -0.575. The molecule has 0 bridgehead atoms. The van der Waals surface area contributed by atoms with Crippen LogP contribution in [0.15, 0.2) is 0 Å². The summed E-state index contributed by atoms with van der Waals surface area (Å²) in [5.41, 5.74) is -1.04. The summed E-state index contributed by atoms with van der Waals surface area (Å²) in [6.45, 7) is 9.09. The largest absolute Gasteiger partial charge is 0.460 e. The molecule has 0 aliphatic rings. The number of esters is 1. The summed E-state index contributed by atoms with van der Waals surface area (Å²) in [6.07, 6.45) is 1.75. The van der Waals surface area contributed by atoms with Crippen molar-refractivity contribution in [1.82, 2.24) is 0 Å². The lowest BCUT2D eigenvalue weighted by atomic mass is 9.88. The minimum absolute atomic E-state index is 0.244. The zero-order chi connectivity index (χ0) is 11.4. The molecule has 0 saturated heterocycles. The summed E-state index contributed by atoms with van der Waals surface area (Å²) < 4.78 is 5.24. The smallest absolute Gasteiger partial charge is 0.312 e. The number of hydrogen-bond acceptors (Lipinski definition) is 3. The lowest BCUT2D eigenvalue weighted by molar-refractivity contribution is -0.166. The molecule has 0 unspecified atom stereocenters. The molecule has 0 N–H and O–H groups in total. The van der Waals surface area contributed by atoms with Crippen LogP contribution in [0.5, 0.6) is 0 Å². The van der Waals surface area contributed by atoms with Crippen LogP contribution in [-0.2, 0) is 14.3 Å². The number of carbonyl (C=O) groups excluding carboxylic acids is 2. The first kappa shape index (κ1) is 13.1. The molecule has 0 radical (unpaired) electrons. The second kappa shape index (κ2) is 4.58. The molecule has 14 heavy (non-hydrogen) atoms. The Morgan fingerprint density at radius 1 is 1.21 bits per heavy atom. The average molecular weight is 200 g/mol. The highest BCUT2D eigenvalue weighted by Crippen LogP contribution is 2.26. The molecule has 0 aliphatic carbocycles. The Hall–Kier alpha value is -0.860. The third kappa shape index (κ3) is 5.00. The van der Waals surface area contributed by atoms with Gasteiger partial charge in [0.25, 0.3) is 0 Å². The van der Waals surface area contributed by atoms with Crippen molar-refractivity contribution in [3.05, 3.63) is 0 Å². The minimum Gasteiger partial charge on any atom is -0.460 e. The fraction of sp³-hybridized carbons (Fsp3) is 0.818. The molecule has 0 atom stereocenters. The summed E-state index contributed by atoms with van der Waals surface area (Å²) >= 11 is 0. The van der Waals surface area contributed by atoms with Crippen LogP contribution in [0, 0.1) is 5.41 Å². The lowest BCUT2D eigenvalue weighted by Gasteiger charge is -2.27. The van der Waals surface area contributed by atoms with Gasteiger partial charge in [-0.25, -0.2) is 0 Å². The standard InChI is InChI=1S/C11H20O3/c1-10(2,3)14-9(13)11(4,5)7-6-8-12/h8H,6-7H2,1-5H3. The van der Waals surface area contributed by atoms with Crippen molar-refractivity contribution < 1.29 is 14.3 Å². The topological polar surface area (TPSA) is 43.4 Å². The van der Waals surface area contributed by atoms with Gasteiger partial charge in [0.15, 0.2) is 0 Å². The molecule has 0 fully saturated rings. The van der Waals surface area contributed by atoms with E-state index in [9.17, 15) is 9.59 Å². The fourth-order valence-electron chi connectivity index (χ4n) is 0.938. The molecule has 3 nitrogen and oxygen atoms in total. The molecular formula is C11H20O3. The highest BCUT2D eigenvalue weighted by molar-refractivity contribution is 5.76. The van der Waals surface area contributed by atoms with Crippen LogP contribution in [0.4, 0.5) is 0 Å². The highest BCUT2D eigenvalue weighted by Gasteiger charge is 2.31. The number of hydrogen-bond donors (Lipinski definition) is 0. The normalized spacial score (nSPS) is 12.4. The van der Waals surface area contributed by atoms with E-state index < -0.39 is 11.0 Å². The van der Waals surface area contributed by atoms with Gasteiger partial charge in [0.1, 0.15) is 11.9 Å². The second-order valence-corrected chi connectivity index (χ2v) is 5.09. The average Bonchev–Trinajstić information content (AvgIpc) is 1.97. The molecule has 0 saturated carbocycles. The van der Waals surface area contributed by atoms with E-state index in [4.69, 9.17) is 4.74 Å². The summed E-state index contributed by atoms with van der Waals surface area (Å²) in [5.74, 6) is -0.244. The van der Waals surface area contributed by atoms with Gasteiger partial charge in [-0.05, 0) is 41.0 Å². The molecule has 0 amide bonds. The number of aldehydes is 1. The van der Waals surface area contributed by atoms with Crippen LogP contribution in [0.1, 0.15) is 47.5 Å². The third-order valence-corrected chi connectivity index (χ3v) is 1.84. The summed E-state index contributed by atoms with van der Waals surface area (Å²) in [7, 11) is 0. The first-order valence-electron chi connectivity index (χ1n) is 4.86. The van der Waals surface area contributed by atoms with E-state index in [0.29, 0.717) is 12.8 Å². The number of rotatable bonds is 4. The highest BCUT2D eigenvalue weighted by atomic mass is 16.6. The Balaban J connectivity index is 4.28. The van der Waals surface area contributed by atoms with Crippen molar-refractivity contribution >= 4 is 12.3 Å². The number of ether oxygens (including phenoxy) is 1. The maximum absolute atomic E-state index is 11.6. The predicted molar refractivity (Wildman–Crippen MR) is 54.9 cm³/mol. The molecule has 0 spiro atoms. The zero-order valence-electron chi connectivity index (χ0n) is 9.72. The van der Waals surface area contributed by atoms with Gasteiger partial charge in [-0.2, -0.15) is 0 Å². The predicted octanol–water partition coefficient (Wildman–Crippen LogP) is 2.33. The fourth-order valence-corrected chi connectivity index (χ4v) is 0.938. The van der Waals surface area contributed by atoms with E-state index >= 15 is 0 Å². The van der Waals surface area contributed by atoms with Gasteiger partial charge in [-0.1, -0.05) is 0 Å². The van der Waals surface area contributed by atoms with Crippen molar-refractivity contribution in [2.45, 2.75) is 53.1 Å². The van der Waals surface area contributed by atoms with Crippen molar-refractivity contribution in [2.24, 2.45) is 5.41 Å². The van der Waals surface area contributed by atoms with Crippen LogP contribution in [0.2, 0.25) is 0 Å². The first-order valence-corrected chi connectivity index (χ1v) is 4.86. The van der Waals surface area contributed by atoms with Gasteiger partial charge in [-0.15, -0.1) is 0 Å². The Morgan fingerprint density at radius 3 is 2.07 bits per heavy atom. The van der Waals surface area contributed by atoms with E-state index in [1.807, 2.05) is 20.8 Å². The molecule has 0 aromatic heterocycles. The number of carbonyl (C=O) groups is 2. The second-order valence-electron chi connectivity index (χ2n) is 5.09. The molecule has 0 aromatic carbocycles. The van der Waals surface area contributed by atoms with E-state index in [-0.39, 0.29) is 5.97 Å². The summed E-state index contributed by atoms with van der Waals surface area (Å²) in [6, 6.07) is 0. The maximum Gasteiger partial charge on any atom is 0.312 e. The van der Waals surface area contributed by atoms with Crippen LogP contribution < -0.4 is 0 Å². The Kier molecular flexibility index (Phi) is 4.30. The van der Waals surface area contributed by atoms with E-state index in [2.05, 4.69) is 0 Å². The third-order valence-electron chi connectivity index (χ3n) is 1.84. The van der Waals surface area contributed by atoms with Crippen molar-refractivity contribution in [1.29, 1.82) is 0 Å². The van der Waals surface area contributed by atoms with Gasteiger partial charge in [0.2, 0.25) is 0 Å². The van der Waals surface area contributed by atoms with E-state index in [1.54, 1.807) is 13.8 Å². The van der Waals surface area contributed by atoms with Crippen molar-refractivity contribution in [3.8, 4) is 0 Å². The molecule has 0 aliphatic heterocycles. The van der Waals surface area contributed by atoms with Gasteiger partial charge in [0.05, 0.1) is 5.41 Å². The van der Waals surface area contributed by atoms with Crippen molar-refractivity contribution in [3.63, 3.8) is 0 Å². The Labute approximate surface area is 85.8 Å². The Bertz CT molecular complexity index is 211. The van der Waals surface area contributed by atoms with Crippen molar-refractivity contribution in [2.75, 3.05) is 0 Å². The Morgan fingerprint density at radius 2 is 1.71 bits per heavy atom. The van der Waals surface area contributed by atoms with Gasteiger partial charge >= 0.3 is 5.97 Å². The lowest BCUT2D eigenvalue weighted by Crippen LogP contribution is -2.33.